The molecule has 11 heavy (non-hydrogen) atoms. The Balaban J connectivity index is 3.70. The molecule has 1 unspecified atom stereocenters. The first-order valence-electron chi connectivity index (χ1n) is 3.08. The van der Waals surface area contributed by atoms with Crippen LogP contribution in [0, 0.1) is 0 Å². The Morgan fingerprint density at radius 1 is 1.45 bits per heavy atom. The van der Waals surface area contributed by atoms with E-state index < -0.39 is 25.2 Å². The third kappa shape index (κ3) is 4.66. The van der Waals surface area contributed by atoms with E-state index in [2.05, 4.69) is 5.73 Å². The summed E-state index contributed by atoms with van der Waals surface area (Å²) in [7, 11) is 0. The Kier molecular flexibility index (Phi) is 3.38. The van der Waals surface area contributed by atoms with Gasteiger partial charge in [-0.2, -0.15) is 0 Å². The number of primary amides is 1. The van der Waals surface area contributed by atoms with Gasteiger partial charge in [-0.1, -0.05) is 6.42 Å². The van der Waals surface area contributed by atoms with Crippen molar-refractivity contribution in [1.82, 2.24) is 0 Å². The van der Waals surface area contributed by atoms with Crippen LogP contribution in [0.4, 0.5) is 12.9 Å². The van der Waals surface area contributed by atoms with Crippen molar-refractivity contribution in [1.29, 1.82) is 0 Å². The van der Waals surface area contributed by atoms with Gasteiger partial charge in [0.15, 0.2) is 0 Å². The fourth-order valence-corrected chi connectivity index (χ4v) is 0.498. The number of rotatable bonds is 4. The molecule has 0 aromatic heterocycles. The van der Waals surface area contributed by atoms with Crippen molar-refractivity contribution in [2.75, 3.05) is 0 Å². The third-order valence-electron chi connectivity index (χ3n) is 1.21. The molecule has 0 fully saturated rings. The molecule has 0 spiro atoms. The molecule has 0 radical (unpaired) electrons. The van der Waals surface area contributed by atoms with Crippen LogP contribution in [-0.2, 0) is 4.79 Å². The van der Waals surface area contributed by atoms with E-state index in [0.29, 0.717) is 0 Å². The molecule has 0 aliphatic heterocycles. The van der Waals surface area contributed by atoms with Crippen LogP contribution in [-0.4, -0.2) is 18.8 Å². The second kappa shape index (κ2) is 3.61. The van der Waals surface area contributed by atoms with Crippen molar-refractivity contribution in [2.45, 2.75) is 18.8 Å². The summed E-state index contributed by atoms with van der Waals surface area (Å²) in [6.07, 6.45) is -0.735. The van der Waals surface area contributed by atoms with E-state index in [-0.39, 0.29) is 6.42 Å². The topological polar surface area (TPSA) is 69.1 Å². The van der Waals surface area contributed by atoms with E-state index in [4.69, 9.17) is 5.73 Å². The average Bonchev–Trinajstić information content (AvgIpc) is 1.80. The Hall–Kier alpha value is -0.715. The largest absolute Gasteiger partial charge is 0.494 e. The maximum atomic E-state index is 11.7. The van der Waals surface area contributed by atoms with E-state index in [1.807, 2.05) is 0 Å². The van der Waals surface area contributed by atoms with Gasteiger partial charge in [0.1, 0.15) is 0 Å². The van der Waals surface area contributed by atoms with Crippen molar-refractivity contribution < 1.29 is 17.7 Å². The molecular formula is C4H9BF3N2O-. The molecule has 0 saturated carbocycles. The fourth-order valence-electron chi connectivity index (χ4n) is 0.498. The molecule has 4 N–H and O–H groups in total. The summed E-state index contributed by atoms with van der Waals surface area (Å²) in [5, 5.41) is 0. The van der Waals surface area contributed by atoms with Crippen molar-refractivity contribution in [3.8, 4) is 0 Å². The molecular weight excluding hydrogens is 160 g/mol. The number of nitrogens with two attached hydrogens (primary N) is 2. The molecule has 0 aliphatic rings. The average molecular weight is 169 g/mol. The molecule has 3 nitrogen and oxygen atoms in total. The highest BCUT2D eigenvalue weighted by molar-refractivity contribution is 6.60. The Morgan fingerprint density at radius 3 is 2.18 bits per heavy atom. The minimum absolute atomic E-state index is 0.317. The lowest BCUT2D eigenvalue weighted by molar-refractivity contribution is -0.118. The summed E-state index contributed by atoms with van der Waals surface area (Å²) in [5.74, 6) is -2.65. The number of carbonyl (C=O) groups is 1. The van der Waals surface area contributed by atoms with Crippen LogP contribution in [0.2, 0.25) is 0 Å². The second-order valence-electron chi connectivity index (χ2n) is 2.29. The van der Waals surface area contributed by atoms with Crippen LogP contribution in [0.5, 0.6) is 0 Å². The van der Waals surface area contributed by atoms with E-state index in [1.165, 1.54) is 0 Å². The molecule has 1 atom stereocenters. The Morgan fingerprint density at radius 2 is 1.91 bits per heavy atom. The molecule has 7 heteroatoms. The number of hydrogen-bond donors (Lipinski definition) is 2. The zero-order valence-corrected chi connectivity index (χ0v) is 5.77. The highest BCUT2D eigenvalue weighted by atomic mass is 19.4. The first-order chi connectivity index (χ1) is 4.84. The minimum Gasteiger partial charge on any atom is -0.448 e. The molecule has 0 aromatic rings. The summed E-state index contributed by atoms with van der Waals surface area (Å²) in [6, 6.07) is 0. The standard InChI is InChI=1S/C4H9BF3N2O/c6-5(7,8)3(9)1-2-4(10)11/h3H,1-2,9H2,(H2,10,11)/q-1. The third-order valence-corrected chi connectivity index (χ3v) is 1.21. The van der Waals surface area contributed by atoms with E-state index in [0.717, 1.165) is 0 Å². The summed E-state index contributed by atoms with van der Waals surface area (Å²) in [6.45, 7) is -5.03. The van der Waals surface area contributed by atoms with Crippen LogP contribution in [0.1, 0.15) is 12.8 Å². The first-order valence-corrected chi connectivity index (χ1v) is 3.08. The summed E-state index contributed by atoms with van der Waals surface area (Å²) >= 11 is 0. The lowest BCUT2D eigenvalue weighted by Crippen LogP contribution is -2.42. The Labute approximate surface area is 62.0 Å². The molecule has 0 aromatic carbocycles. The van der Waals surface area contributed by atoms with Crippen LogP contribution >= 0.6 is 0 Å². The quantitative estimate of drug-likeness (QED) is 0.580. The number of hydrogen-bond acceptors (Lipinski definition) is 2. The number of amides is 1. The molecule has 0 saturated heterocycles. The molecule has 1 amide bonds. The van der Waals surface area contributed by atoms with Crippen molar-refractivity contribution in [3.05, 3.63) is 0 Å². The van der Waals surface area contributed by atoms with E-state index >= 15 is 0 Å². The summed E-state index contributed by atoms with van der Waals surface area (Å²) in [5.41, 5.74) is 9.32. The maximum absolute atomic E-state index is 11.7. The van der Waals surface area contributed by atoms with Gasteiger partial charge in [0, 0.05) is 6.42 Å². The van der Waals surface area contributed by atoms with E-state index in [9.17, 15) is 17.7 Å². The Bertz CT molecular complexity index is 149. The van der Waals surface area contributed by atoms with Gasteiger partial charge in [-0.15, -0.1) is 0 Å². The lowest BCUT2D eigenvalue weighted by atomic mass is 9.77. The van der Waals surface area contributed by atoms with Gasteiger partial charge in [-0.05, 0) is 5.94 Å². The van der Waals surface area contributed by atoms with Gasteiger partial charge in [0.25, 0.3) is 0 Å². The van der Waals surface area contributed by atoms with E-state index in [1.54, 1.807) is 0 Å². The normalized spacial score (nSPS) is 14.5. The van der Waals surface area contributed by atoms with Crippen LogP contribution in [0.25, 0.3) is 0 Å². The van der Waals surface area contributed by atoms with Gasteiger partial charge in [0.05, 0.1) is 0 Å². The SMILES string of the molecule is NC(=O)CCC(N)[B-](F)(F)F. The highest BCUT2D eigenvalue weighted by Gasteiger charge is 2.31. The van der Waals surface area contributed by atoms with Gasteiger partial charge < -0.3 is 24.4 Å². The van der Waals surface area contributed by atoms with Crippen molar-refractivity contribution in [3.63, 3.8) is 0 Å². The van der Waals surface area contributed by atoms with Gasteiger partial charge in [-0.3, -0.25) is 4.79 Å². The van der Waals surface area contributed by atoms with Gasteiger partial charge in [-0.25, -0.2) is 0 Å². The predicted octanol–water partition coefficient (Wildman–Crippen LogP) is -0.0342. The summed E-state index contributed by atoms with van der Waals surface area (Å²) < 4.78 is 35.1. The second-order valence-corrected chi connectivity index (χ2v) is 2.29. The molecule has 0 rings (SSSR count). The molecule has 0 bridgehead atoms. The van der Waals surface area contributed by atoms with Crippen molar-refractivity contribution >= 4 is 12.9 Å². The zero-order valence-electron chi connectivity index (χ0n) is 5.77. The molecule has 0 aliphatic carbocycles. The fraction of sp³-hybridized carbons (Fsp3) is 0.750. The minimum atomic E-state index is -5.03. The first kappa shape index (κ1) is 10.3. The van der Waals surface area contributed by atoms with Crippen LogP contribution < -0.4 is 11.5 Å². The van der Waals surface area contributed by atoms with Crippen LogP contribution in [0.3, 0.4) is 0 Å². The monoisotopic (exact) mass is 169 g/mol. The lowest BCUT2D eigenvalue weighted by Gasteiger charge is -2.21. The smallest absolute Gasteiger partial charge is 0.448 e. The van der Waals surface area contributed by atoms with Gasteiger partial charge >= 0.3 is 6.98 Å². The van der Waals surface area contributed by atoms with Gasteiger partial charge in [0.2, 0.25) is 5.91 Å². The zero-order chi connectivity index (χ0) is 9.07. The van der Waals surface area contributed by atoms with Crippen LogP contribution in [0.15, 0.2) is 0 Å². The molecule has 66 valence electrons. The maximum Gasteiger partial charge on any atom is 0.494 e. The predicted molar refractivity (Wildman–Crippen MR) is 35.5 cm³/mol. The number of carbonyl (C=O) groups excluding carboxylic acids is 1. The number of halogens is 3. The highest BCUT2D eigenvalue weighted by Crippen LogP contribution is 2.15. The summed E-state index contributed by atoms with van der Waals surface area (Å²) in [4.78, 5) is 10.0. The molecule has 0 heterocycles. The van der Waals surface area contributed by atoms with Crippen molar-refractivity contribution in [2.24, 2.45) is 11.5 Å².